The Balaban J connectivity index is 1.83. The van der Waals surface area contributed by atoms with Gasteiger partial charge in [-0.1, -0.05) is 24.3 Å². The van der Waals surface area contributed by atoms with Gasteiger partial charge in [0.05, 0.1) is 11.1 Å². The van der Waals surface area contributed by atoms with Gasteiger partial charge in [0.15, 0.2) is 0 Å². The van der Waals surface area contributed by atoms with Crippen molar-refractivity contribution in [2.24, 2.45) is 0 Å². The Hall–Kier alpha value is -3.78. The second kappa shape index (κ2) is 8.94. The van der Waals surface area contributed by atoms with E-state index in [1.54, 1.807) is 30.6 Å². The monoisotopic (exact) mass is 382 g/mol. The number of carbonyl (C=O) groups excluding carboxylic acids is 1. The lowest BCUT2D eigenvalue weighted by Crippen LogP contribution is -2.25. The molecule has 5 nitrogen and oxygen atoms in total. The number of nitriles is 1. The van der Waals surface area contributed by atoms with Crippen LogP contribution in [0.4, 0.5) is 0 Å². The van der Waals surface area contributed by atoms with Gasteiger partial charge in [0.2, 0.25) is 0 Å². The van der Waals surface area contributed by atoms with Crippen molar-refractivity contribution in [2.75, 3.05) is 6.54 Å². The van der Waals surface area contributed by atoms with Crippen LogP contribution in [0.3, 0.4) is 0 Å². The van der Waals surface area contributed by atoms with Crippen molar-refractivity contribution < 1.29 is 4.79 Å². The normalized spacial score (nSPS) is 11.1. The van der Waals surface area contributed by atoms with Crippen molar-refractivity contribution in [3.63, 3.8) is 0 Å². The zero-order valence-corrected chi connectivity index (χ0v) is 16.6. The van der Waals surface area contributed by atoms with Crippen molar-refractivity contribution in [3.8, 4) is 6.07 Å². The van der Waals surface area contributed by atoms with Gasteiger partial charge in [-0.05, 0) is 55.3 Å². The lowest BCUT2D eigenvalue weighted by Gasteiger charge is -2.08. The Morgan fingerprint density at radius 2 is 2.10 bits per heavy atom. The van der Waals surface area contributed by atoms with E-state index in [0.717, 1.165) is 27.8 Å². The summed E-state index contributed by atoms with van der Waals surface area (Å²) >= 11 is 0. The highest BCUT2D eigenvalue weighted by atomic mass is 16.1. The molecule has 5 heteroatoms. The molecule has 1 amide bonds. The Morgan fingerprint density at radius 1 is 1.28 bits per heavy atom. The Bertz CT molecular complexity index is 1160. The highest BCUT2D eigenvalue weighted by Gasteiger charge is 2.10. The van der Waals surface area contributed by atoms with Crippen LogP contribution < -0.4 is 5.32 Å². The number of nitrogens with one attached hydrogen (secondary N) is 1. The Morgan fingerprint density at radius 3 is 2.86 bits per heavy atom. The lowest BCUT2D eigenvalue weighted by molar-refractivity contribution is 0.0956. The van der Waals surface area contributed by atoms with Crippen LogP contribution in [0.25, 0.3) is 10.9 Å². The maximum absolute atomic E-state index is 12.4. The predicted octanol–water partition coefficient (Wildman–Crippen LogP) is 4.26. The third-order valence-electron chi connectivity index (χ3n) is 4.49. The van der Waals surface area contributed by atoms with Crippen LogP contribution in [0.5, 0.6) is 0 Å². The molecule has 0 saturated heterocycles. The van der Waals surface area contributed by atoms with Crippen LogP contribution >= 0.6 is 0 Å². The van der Waals surface area contributed by atoms with Crippen LogP contribution in [-0.2, 0) is 6.42 Å². The van der Waals surface area contributed by atoms with E-state index in [2.05, 4.69) is 27.9 Å². The number of rotatable bonds is 6. The molecule has 0 unspecified atom stereocenters. The number of aromatic nitrogens is 2. The zero-order chi connectivity index (χ0) is 20.8. The minimum atomic E-state index is -0.151. The van der Waals surface area contributed by atoms with Crippen LogP contribution in [-0.4, -0.2) is 22.4 Å². The highest BCUT2D eigenvalue weighted by molar-refractivity contribution is 5.94. The van der Waals surface area contributed by atoms with Crippen molar-refractivity contribution in [3.05, 3.63) is 95.0 Å². The van der Waals surface area contributed by atoms with Crippen LogP contribution in [0.2, 0.25) is 0 Å². The van der Waals surface area contributed by atoms with E-state index >= 15 is 0 Å². The summed E-state index contributed by atoms with van der Waals surface area (Å²) in [4.78, 5) is 21.2. The standard InChI is InChI=1S/C24H22N4O/c1-4-5-16(2)14-28-24(29)19-6-7-26-22(12-19)11-18-9-20-8-17(3)15-27-23(20)21(10-18)13-25/h4-10,12,15H,1,11,14H2,2-3H3,(H,28,29)/b16-5+. The topological polar surface area (TPSA) is 78.7 Å². The fraction of sp³-hybridized carbons (Fsp3) is 0.167. The quantitative estimate of drug-likeness (QED) is 0.646. The number of nitrogens with zero attached hydrogens (tertiary/aromatic N) is 3. The number of carbonyl (C=O) groups is 1. The van der Waals surface area contributed by atoms with E-state index in [-0.39, 0.29) is 5.91 Å². The highest BCUT2D eigenvalue weighted by Crippen LogP contribution is 2.21. The van der Waals surface area contributed by atoms with Crippen molar-refractivity contribution in [2.45, 2.75) is 20.3 Å². The average Bonchev–Trinajstić information content (AvgIpc) is 2.71. The molecule has 0 saturated carbocycles. The fourth-order valence-corrected chi connectivity index (χ4v) is 3.12. The zero-order valence-electron chi connectivity index (χ0n) is 16.6. The molecule has 29 heavy (non-hydrogen) atoms. The van der Waals surface area contributed by atoms with Crippen molar-refractivity contribution >= 4 is 16.8 Å². The summed E-state index contributed by atoms with van der Waals surface area (Å²) in [6, 6.07) is 11.6. The molecule has 2 heterocycles. The van der Waals surface area contributed by atoms with E-state index in [1.165, 1.54) is 0 Å². The molecule has 144 valence electrons. The molecule has 0 aliphatic carbocycles. The SMILES string of the molecule is C=C/C=C(\C)CNC(=O)c1ccnc(Cc2cc(C#N)c3ncc(C)cc3c2)c1. The van der Waals surface area contributed by atoms with Gasteiger partial charge in [-0.25, -0.2) is 0 Å². The molecule has 0 aliphatic heterocycles. The van der Waals surface area contributed by atoms with Crippen LogP contribution in [0.15, 0.2) is 67.0 Å². The second-order valence-corrected chi connectivity index (χ2v) is 6.98. The summed E-state index contributed by atoms with van der Waals surface area (Å²) in [6.45, 7) is 8.02. The van der Waals surface area contributed by atoms with Gasteiger partial charge >= 0.3 is 0 Å². The van der Waals surface area contributed by atoms with Crippen LogP contribution in [0, 0.1) is 18.3 Å². The molecule has 1 aromatic carbocycles. The summed E-state index contributed by atoms with van der Waals surface area (Å²) in [6.07, 6.45) is 7.48. The summed E-state index contributed by atoms with van der Waals surface area (Å²) in [5, 5.41) is 13.3. The van der Waals surface area contributed by atoms with Crippen molar-refractivity contribution in [1.82, 2.24) is 15.3 Å². The molecular formula is C24H22N4O. The van der Waals surface area contributed by atoms with Gasteiger partial charge in [0, 0.05) is 42.0 Å². The summed E-state index contributed by atoms with van der Waals surface area (Å²) in [5.41, 5.74) is 5.57. The van der Waals surface area contributed by atoms with E-state index in [1.807, 2.05) is 38.1 Å². The van der Waals surface area contributed by atoms with Crippen molar-refractivity contribution in [1.29, 1.82) is 5.26 Å². The number of amides is 1. The number of hydrogen-bond donors (Lipinski definition) is 1. The van der Waals surface area contributed by atoms with E-state index < -0.39 is 0 Å². The number of aryl methyl sites for hydroxylation is 1. The first-order valence-corrected chi connectivity index (χ1v) is 9.31. The first kappa shape index (κ1) is 20.0. The maximum atomic E-state index is 12.4. The van der Waals surface area contributed by atoms with E-state index in [9.17, 15) is 10.1 Å². The molecule has 0 radical (unpaired) electrons. The van der Waals surface area contributed by atoms with Gasteiger partial charge in [-0.15, -0.1) is 0 Å². The number of fused-ring (bicyclic) bond motifs is 1. The Kier molecular flexibility index (Phi) is 6.16. The minimum absolute atomic E-state index is 0.151. The molecule has 0 spiro atoms. The number of hydrogen-bond acceptors (Lipinski definition) is 4. The number of allylic oxidation sites excluding steroid dienone is 2. The third kappa shape index (κ3) is 4.94. The van der Waals surface area contributed by atoms with Gasteiger partial charge < -0.3 is 5.32 Å². The maximum Gasteiger partial charge on any atom is 0.251 e. The summed E-state index contributed by atoms with van der Waals surface area (Å²) < 4.78 is 0. The molecule has 0 aliphatic rings. The molecule has 3 aromatic rings. The number of benzene rings is 1. The first-order valence-electron chi connectivity index (χ1n) is 9.31. The van der Waals surface area contributed by atoms with E-state index in [0.29, 0.717) is 29.6 Å². The van der Waals surface area contributed by atoms with Gasteiger partial charge in [-0.3, -0.25) is 14.8 Å². The lowest BCUT2D eigenvalue weighted by atomic mass is 10.0. The third-order valence-corrected chi connectivity index (χ3v) is 4.49. The molecule has 0 fully saturated rings. The predicted molar refractivity (Wildman–Crippen MR) is 115 cm³/mol. The fourth-order valence-electron chi connectivity index (χ4n) is 3.12. The first-order chi connectivity index (χ1) is 14.0. The van der Waals surface area contributed by atoms with Gasteiger partial charge in [0.25, 0.3) is 5.91 Å². The minimum Gasteiger partial charge on any atom is -0.348 e. The summed E-state index contributed by atoms with van der Waals surface area (Å²) in [7, 11) is 0. The van der Waals surface area contributed by atoms with Gasteiger partial charge in [-0.2, -0.15) is 5.26 Å². The molecule has 3 rings (SSSR count). The second-order valence-electron chi connectivity index (χ2n) is 6.98. The summed E-state index contributed by atoms with van der Waals surface area (Å²) in [5.74, 6) is -0.151. The molecule has 1 N–H and O–H groups in total. The molecule has 2 aromatic heterocycles. The molecule has 0 atom stereocenters. The van der Waals surface area contributed by atoms with E-state index in [4.69, 9.17) is 0 Å². The van der Waals surface area contributed by atoms with Gasteiger partial charge in [0.1, 0.15) is 6.07 Å². The number of pyridine rings is 2. The average molecular weight is 382 g/mol. The molecular weight excluding hydrogens is 360 g/mol. The molecule has 0 bridgehead atoms. The van der Waals surface area contributed by atoms with Crippen LogP contribution in [0.1, 0.15) is 39.7 Å². The Labute approximate surface area is 170 Å². The smallest absolute Gasteiger partial charge is 0.251 e. The largest absolute Gasteiger partial charge is 0.348 e.